The molecule has 5 nitrogen and oxygen atoms in total. The molecule has 1 unspecified atom stereocenters. The Labute approximate surface area is 109 Å². The Kier molecular flexibility index (Phi) is 9.06. The number of hydrogen-bond donors (Lipinski definition) is 3. The number of carboxylic acid groups (broad SMARTS) is 1. The second-order valence-electron chi connectivity index (χ2n) is 5.23. The van der Waals surface area contributed by atoms with Gasteiger partial charge >= 0.3 is 12.0 Å². The summed E-state index contributed by atoms with van der Waals surface area (Å²) >= 11 is 0. The minimum atomic E-state index is -0.835. The predicted octanol–water partition coefficient (Wildman–Crippen LogP) is 2.22. The minimum Gasteiger partial charge on any atom is -0.481 e. The Morgan fingerprint density at radius 2 is 1.78 bits per heavy atom. The number of rotatable bonds is 9. The summed E-state index contributed by atoms with van der Waals surface area (Å²) in [5, 5.41) is 14.0. The highest BCUT2D eigenvalue weighted by atomic mass is 16.4. The fourth-order valence-electron chi connectivity index (χ4n) is 1.58. The van der Waals surface area contributed by atoms with Crippen LogP contribution < -0.4 is 10.6 Å². The van der Waals surface area contributed by atoms with Gasteiger partial charge in [0.1, 0.15) is 0 Å². The third-order valence-corrected chi connectivity index (χ3v) is 2.63. The molecular formula is C13H26N2O3. The lowest BCUT2D eigenvalue weighted by Crippen LogP contribution is -2.38. The maximum Gasteiger partial charge on any atom is 0.314 e. The van der Waals surface area contributed by atoms with Gasteiger partial charge in [0.15, 0.2) is 0 Å². The molecule has 0 rings (SSSR count). The summed E-state index contributed by atoms with van der Waals surface area (Å²) in [7, 11) is 0. The zero-order valence-corrected chi connectivity index (χ0v) is 11.7. The molecule has 0 aromatic carbocycles. The van der Waals surface area contributed by atoms with Crippen LogP contribution in [0.25, 0.3) is 0 Å². The summed E-state index contributed by atoms with van der Waals surface area (Å²) in [6.07, 6.45) is 3.36. The van der Waals surface area contributed by atoms with E-state index in [0.717, 1.165) is 12.8 Å². The Balaban J connectivity index is 3.45. The molecule has 106 valence electrons. The Morgan fingerprint density at radius 1 is 1.11 bits per heavy atom. The number of nitrogens with one attached hydrogen (secondary N) is 2. The molecular weight excluding hydrogens is 232 g/mol. The van der Waals surface area contributed by atoms with Gasteiger partial charge in [-0.1, -0.05) is 33.6 Å². The molecule has 0 spiro atoms. The van der Waals surface area contributed by atoms with Crippen LogP contribution >= 0.6 is 0 Å². The minimum absolute atomic E-state index is 0.0470. The molecule has 0 bridgehead atoms. The lowest BCUT2D eigenvalue weighted by Gasteiger charge is -2.11. The molecule has 0 aliphatic rings. The van der Waals surface area contributed by atoms with Crippen LogP contribution in [0.15, 0.2) is 0 Å². The summed E-state index contributed by atoms with van der Waals surface area (Å²) in [5.74, 6) is -0.178. The summed E-state index contributed by atoms with van der Waals surface area (Å²) in [4.78, 5) is 21.8. The quantitative estimate of drug-likeness (QED) is 0.555. The Hall–Kier alpha value is -1.26. The molecule has 5 heteroatoms. The van der Waals surface area contributed by atoms with Crippen LogP contribution in [0.5, 0.6) is 0 Å². The highest BCUT2D eigenvalue weighted by Gasteiger charge is 2.08. The van der Waals surface area contributed by atoms with Gasteiger partial charge in [0.05, 0.1) is 0 Å². The fraction of sp³-hybridized carbons (Fsp3) is 0.846. The molecule has 1 atom stereocenters. The van der Waals surface area contributed by atoms with Crippen molar-refractivity contribution >= 4 is 12.0 Å². The van der Waals surface area contributed by atoms with E-state index in [1.165, 1.54) is 6.42 Å². The maximum atomic E-state index is 11.4. The van der Waals surface area contributed by atoms with E-state index in [0.29, 0.717) is 19.0 Å². The van der Waals surface area contributed by atoms with Crippen LogP contribution in [0.1, 0.15) is 46.5 Å². The van der Waals surface area contributed by atoms with Crippen molar-refractivity contribution in [3.8, 4) is 0 Å². The molecule has 0 radical (unpaired) electrons. The summed E-state index contributed by atoms with van der Waals surface area (Å²) in [6.45, 7) is 7.24. The zero-order chi connectivity index (χ0) is 14.0. The van der Waals surface area contributed by atoms with Crippen LogP contribution in [-0.2, 0) is 4.79 Å². The van der Waals surface area contributed by atoms with Gasteiger partial charge in [0.2, 0.25) is 0 Å². The molecule has 0 saturated heterocycles. The van der Waals surface area contributed by atoms with E-state index in [9.17, 15) is 9.59 Å². The summed E-state index contributed by atoms with van der Waals surface area (Å²) < 4.78 is 0. The van der Waals surface area contributed by atoms with Crippen molar-refractivity contribution in [2.45, 2.75) is 46.5 Å². The summed E-state index contributed by atoms with van der Waals surface area (Å²) in [5.41, 5.74) is 0. The molecule has 0 aromatic heterocycles. The van der Waals surface area contributed by atoms with Crippen molar-refractivity contribution in [2.75, 3.05) is 13.1 Å². The van der Waals surface area contributed by atoms with E-state index < -0.39 is 5.97 Å². The second-order valence-corrected chi connectivity index (χ2v) is 5.23. The Bertz CT molecular complexity index is 255. The van der Waals surface area contributed by atoms with Crippen LogP contribution in [0, 0.1) is 11.8 Å². The van der Waals surface area contributed by atoms with E-state index >= 15 is 0 Å². The van der Waals surface area contributed by atoms with Gasteiger partial charge in [-0.05, 0) is 18.3 Å². The number of urea groups is 1. The van der Waals surface area contributed by atoms with Crippen molar-refractivity contribution < 1.29 is 14.7 Å². The first-order chi connectivity index (χ1) is 8.41. The SMILES string of the molecule is CC(C)CCCCNC(=O)NCC(C)CC(=O)O. The van der Waals surface area contributed by atoms with Crippen LogP contribution in [0.3, 0.4) is 0 Å². The van der Waals surface area contributed by atoms with Gasteiger partial charge in [-0.3, -0.25) is 4.79 Å². The molecule has 18 heavy (non-hydrogen) atoms. The average molecular weight is 258 g/mol. The highest BCUT2D eigenvalue weighted by Crippen LogP contribution is 2.05. The van der Waals surface area contributed by atoms with Crippen LogP contribution in [-0.4, -0.2) is 30.2 Å². The number of aliphatic carboxylic acids is 1. The molecule has 2 amide bonds. The fourth-order valence-corrected chi connectivity index (χ4v) is 1.58. The molecule has 3 N–H and O–H groups in total. The van der Waals surface area contributed by atoms with E-state index in [2.05, 4.69) is 24.5 Å². The lowest BCUT2D eigenvalue weighted by atomic mass is 10.1. The summed E-state index contributed by atoms with van der Waals surface area (Å²) in [6, 6.07) is -0.211. The smallest absolute Gasteiger partial charge is 0.314 e. The molecule has 0 fully saturated rings. The van der Waals surface area contributed by atoms with E-state index in [1.807, 2.05) is 0 Å². The van der Waals surface area contributed by atoms with Gasteiger partial charge < -0.3 is 15.7 Å². The standard InChI is InChI=1S/C13H26N2O3/c1-10(2)6-4-5-7-14-13(18)15-9-11(3)8-12(16)17/h10-11H,4-9H2,1-3H3,(H,16,17)(H2,14,15,18). The van der Waals surface area contributed by atoms with E-state index in [4.69, 9.17) is 5.11 Å². The first-order valence-electron chi connectivity index (χ1n) is 6.65. The number of carbonyl (C=O) groups excluding carboxylic acids is 1. The monoisotopic (exact) mass is 258 g/mol. The highest BCUT2D eigenvalue weighted by molar-refractivity contribution is 5.73. The van der Waals surface area contributed by atoms with Crippen molar-refractivity contribution in [2.24, 2.45) is 11.8 Å². The first kappa shape index (κ1) is 16.7. The molecule has 0 aliphatic heterocycles. The zero-order valence-electron chi connectivity index (χ0n) is 11.7. The van der Waals surface area contributed by atoms with Crippen molar-refractivity contribution in [3.05, 3.63) is 0 Å². The number of hydrogen-bond acceptors (Lipinski definition) is 2. The third-order valence-electron chi connectivity index (χ3n) is 2.63. The number of unbranched alkanes of at least 4 members (excludes halogenated alkanes) is 1. The van der Waals surface area contributed by atoms with Gasteiger partial charge in [0, 0.05) is 19.5 Å². The largest absolute Gasteiger partial charge is 0.481 e. The van der Waals surface area contributed by atoms with Gasteiger partial charge in [-0.2, -0.15) is 0 Å². The molecule has 0 heterocycles. The van der Waals surface area contributed by atoms with Crippen molar-refractivity contribution in [1.29, 1.82) is 0 Å². The maximum absolute atomic E-state index is 11.4. The van der Waals surface area contributed by atoms with E-state index in [-0.39, 0.29) is 18.4 Å². The predicted molar refractivity (Wildman–Crippen MR) is 71.5 cm³/mol. The van der Waals surface area contributed by atoms with Crippen LogP contribution in [0.4, 0.5) is 4.79 Å². The average Bonchev–Trinajstić information content (AvgIpc) is 2.24. The van der Waals surface area contributed by atoms with Gasteiger partial charge in [-0.15, -0.1) is 0 Å². The van der Waals surface area contributed by atoms with Crippen LogP contribution in [0.2, 0.25) is 0 Å². The van der Waals surface area contributed by atoms with Crippen molar-refractivity contribution in [3.63, 3.8) is 0 Å². The van der Waals surface area contributed by atoms with Gasteiger partial charge in [-0.25, -0.2) is 4.79 Å². The molecule has 0 saturated carbocycles. The number of amides is 2. The van der Waals surface area contributed by atoms with Gasteiger partial charge in [0.25, 0.3) is 0 Å². The topological polar surface area (TPSA) is 78.4 Å². The first-order valence-corrected chi connectivity index (χ1v) is 6.65. The molecule has 0 aromatic rings. The number of carboxylic acids is 1. The second kappa shape index (κ2) is 9.74. The van der Waals surface area contributed by atoms with E-state index in [1.54, 1.807) is 6.92 Å². The number of carbonyl (C=O) groups is 2. The third kappa shape index (κ3) is 11.2. The van der Waals surface area contributed by atoms with Crippen molar-refractivity contribution in [1.82, 2.24) is 10.6 Å². The lowest BCUT2D eigenvalue weighted by molar-refractivity contribution is -0.137. The normalized spacial score (nSPS) is 12.2. The molecule has 0 aliphatic carbocycles. The Morgan fingerprint density at radius 3 is 2.33 bits per heavy atom.